The largest absolute Gasteiger partial charge is 0.504 e. The minimum absolute atomic E-state index is 0.121. The number of aromatic nitrogens is 2. The molecule has 1 aromatic heterocycles. The SMILES string of the molecule is CC(C)(C)OC(=O)N1CCN2c3cc(-c4cccc(F)c4O)nnc3NC(=O)C2(C)C1. The summed E-state index contributed by atoms with van der Waals surface area (Å²) in [6.07, 6.45) is -0.481. The third-order valence-electron chi connectivity index (χ3n) is 5.39. The van der Waals surface area contributed by atoms with Gasteiger partial charge < -0.3 is 25.0 Å². The Morgan fingerprint density at radius 2 is 2.03 bits per heavy atom. The third-order valence-corrected chi connectivity index (χ3v) is 5.39. The lowest BCUT2D eigenvalue weighted by atomic mass is 9.91. The molecule has 2 aliphatic rings. The summed E-state index contributed by atoms with van der Waals surface area (Å²) in [4.78, 5) is 28.9. The molecule has 31 heavy (non-hydrogen) atoms. The van der Waals surface area contributed by atoms with Gasteiger partial charge in [-0.25, -0.2) is 9.18 Å². The van der Waals surface area contributed by atoms with Gasteiger partial charge in [0.05, 0.1) is 17.9 Å². The fraction of sp³-hybridized carbons (Fsp3) is 0.429. The Hall–Kier alpha value is -3.43. The molecule has 10 heteroatoms. The molecule has 1 fully saturated rings. The Kier molecular flexibility index (Phi) is 4.75. The molecule has 2 amide bonds. The van der Waals surface area contributed by atoms with E-state index in [1.54, 1.807) is 33.8 Å². The van der Waals surface area contributed by atoms with Gasteiger partial charge in [-0.15, -0.1) is 10.2 Å². The molecule has 2 aromatic rings. The number of amides is 2. The molecule has 0 radical (unpaired) electrons. The molecule has 0 saturated carbocycles. The molecule has 1 atom stereocenters. The van der Waals surface area contributed by atoms with Crippen molar-refractivity contribution in [1.29, 1.82) is 0 Å². The number of carbonyl (C=O) groups is 2. The van der Waals surface area contributed by atoms with E-state index in [1.807, 2.05) is 4.90 Å². The molecule has 1 saturated heterocycles. The van der Waals surface area contributed by atoms with Crippen molar-refractivity contribution in [2.75, 3.05) is 29.9 Å². The van der Waals surface area contributed by atoms with Crippen molar-refractivity contribution in [1.82, 2.24) is 15.1 Å². The van der Waals surface area contributed by atoms with Crippen molar-refractivity contribution < 1.29 is 23.8 Å². The second kappa shape index (κ2) is 7.07. The number of anilines is 2. The maximum absolute atomic E-state index is 13.8. The predicted molar refractivity (Wildman–Crippen MR) is 111 cm³/mol. The lowest BCUT2D eigenvalue weighted by Gasteiger charge is -2.51. The fourth-order valence-electron chi connectivity index (χ4n) is 3.84. The number of piperazine rings is 1. The van der Waals surface area contributed by atoms with E-state index in [2.05, 4.69) is 15.5 Å². The number of phenols is 1. The normalized spacial score (nSPS) is 20.6. The van der Waals surface area contributed by atoms with Crippen molar-refractivity contribution in [3.63, 3.8) is 0 Å². The number of hydrogen-bond donors (Lipinski definition) is 2. The molecule has 0 bridgehead atoms. The van der Waals surface area contributed by atoms with Crippen LogP contribution in [0.25, 0.3) is 11.3 Å². The number of hydrogen-bond acceptors (Lipinski definition) is 7. The van der Waals surface area contributed by atoms with Crippen LogP contribution in [0.5, 0.6) is 5.75 Å². The number of carbonyl (C=O) groups excluding carboxylic acids is 2. The zero-order chi connectivity index (χ0) is 22.6. The summed E-state index contributed by atoms with van der Waals surface area (Å²) >= 11 is 0. The molecular weight excluding hydrogens is 405 g/mol. The van der Waals surface area contributed by atoms with E-state index in [4.69, 9.17) is 4.74 Å². The molecule has 4 rings (SSSR count). The number of halogens is 1. The maximum Gasteiger partial charge on any atom is 0.410 e. The fourth-order valence-corrected chi connectivity index (χ4v) is 3.84. The number of fused-ring (bicyclic) bond motifs is 3. The molecule has 0 spiro atoms. The van der Waals surface area contributed by atoms with E-state index in [1.165, 1.54) is 17.0 Å². The third kappa shape index (κ3) is 3.62. The van der Waals surface area contributed by atoms with Crippen molar-refractivity contribution in [3.05, 3.63) is 30.1 Å². The van der Waals surface area contributed by atoms with Crippen LogP contribution in [0.1, 0.15) is 27.7 Å². The molecule has 9 nitrogen and oxygen atoms in total. The number of rotatable bonds is 1. The van der Waals surface area contributed by atoms with Gasteiger partial charge in [0.15, 0.2) is 17.4 Å². The van der Waals surface area contributed by atoms with Crippen LogP contribution in [0.3, 0.4) is 0 Å². The Morgan fingerprint density at radius 3 is 2.74 bits per heavy atom. The minimum Gasteiger partial charge on any atom is -0.504 e. The van der Waals surface area contributed by atoms with Crippen molar-refractivity contribution >= 4 is 23.5 Å². The van der Waals surface area contributed by atoms with Crippen LogP contribution in [-0.2, 0) is 9.53 Å². The van der Waals surface area contributed by atoms with Crippen LogP contribution in [-0.4, -0.2) is 63.0 Å². The highest BCUT2D eigenvalue weighted by molar-refractivity contribution is 6.06. The number of aromatic hydroxyl groups is 1. The summed E-state index contributed by atoms with van der Waals surface area (Å²) in [6, 6.07) is 5.81. The zero-order valence-electron chi connectivity index (χ0n) is 17.8. The Labute approximate surface area is 178 Å². The van der Waals surface area contributed by atoms with Gasteiger partial charge in [-0.05, 0) is 45.9 Å². The molecule has 1 unspecified atom stereocenters. The first-order valence-corrected chi connectivity index (χ1v) is 9.92. The summed E-state index contributed by atoms with van der Waals surface area (Å²) in [7, 11) is 0. The van der Waals surface area contributed by atoms with Gasteiger partial charge in [0.2, 0.25) is 0 Å². The van der Waals surface area contributed by atoms with Crippen LogP contribution in [0.2, 0.25) is 0 Å². The number of nitrogens with one attached hydrogen (secondary N) is 1. The summed E-state index contributed by atoms with van der Waals surface area (Å²) in [5, 5.41) is 20.9. The smallest absolute Gasteiger partial charge is 0.410 e. The zero-order valence-corrected chi connectivity index (χ0v) is 17.8. The standard InChI is InChI=1S/C21H24FN5O4/c1-20(2,3)31-19(30)26-8-9-27-15-10-14(12-6-5-7-13(22)16(12)28)24-25-17(15)23-18(29)21(27,4)11-26/h5-7,10,28H,8-9,11H2,1-4H3,(H,23,25,29). The van der Waals surface area contributed by atoms with Crippen LogP contribution in [0.4, 0.5) is 20.7 Å². The van der Waals surface area contributed by atoms with Crippen LogP contribution >= 0.6 is 0 Å². The van der Waals surface area contributed by atoms with E-state index in [0.717, 1.165) is 6.07 Å². The van der Waals surface area contributed by atoms with E-state index >= 15 is 0 Å². The first-order valence-electron chi connectivity index (χ1n) is 9.92. The highest BCUT2D eigenvalue weighted by Gasteiger charge is 2.50. The molecular formula is C21H24FN5O4. The highest BCUT2D eigenvalue weighted by Crippen LogP contribution is 2.40. The topological polar surface area (TPSA) is 108 Å². The number of ether oxygens (including phenoxy) is 1. The minimum atomic E-state index is -1.06. The molecule has 1 aromatic carbocycles. The van der Waals surface area contributed by atoms with Crippen LogP contribution < -0.4 is 10.2 Å². The molecule has 164 valence electrons. The Balaban J connectivity index is 1.68. The van der Waals surface area contributed by atoms with Gasteiger partial charge in [0, 0.05) is 18.7 Å². The monoisotopic (exact) mass is 429 g/mol. The van der Waals surface area contributed by atoms with Crippen LogP contribution in [0, 0.1) is 5.82 Å². The number of nitrogens with zero attached hydrogens (tertiary/aromatic N) is 4. The van der Waals surface area contributed by atoms with Crippen molar-refractivity contribution in [3.8, 4) is 17.0 Å². The predicted octanol–water partition coefficient (Wildman–Crippen LogP) is 2.76. The van der Waals surface area contributed by atoms with Gasteiger partial charge >= 0.3 is 6.09 Å². The van der Waals surface area contributed by atoms with Crippen molar-refractivity contribution in [2.45, 2.75) is 38.8 Å². The first-order chi connectivity index (χ1) is 14.5. The summed E-state index contributed by atoms with van der Waals surface area (Å²) in [5.74, 6) is -1.33. The first kappa shape index (κ1) is 20.8. The van der Waals surface area contributed by atoms with Crippen LogP contribution in [0.15, 0.2) is 24.3 Å². The number of phenolic OH excluding ortho intramolecular Hbond substituents is 1. The summed E-state index contributed by atoms with van der Waals surface area (Å²) in [6.45, 7) is 7.92. The second-order valence-electron chi connectivity index (χ2n) is 8.88. The van der Waals surface area contributed by atoms with E-state index < -0.39 is 28.8 Å². The number of para-hydroxylation sites is 1. The Morgan fingerprint density at radius 1 is 1.29 bits per heavy atom. The van der Waals surface area contributed by atoms with Gasteiger partial charge in [0.25, 0.3) is 5.91 Å². The lowest BCUT2D eigenvalue weighted by Crippen LogP contribution is -2.69. The number of benzene rings is 1. The molecule has 0 aliphatic carbocycles. The highest BCUT2D eigenvalue weighted by atomic mass is 19.1. The average molecular weight is 429 g/mol. The van der Waals surface area contributed by atoms with Gasteiger partial charge in [-0.2, -0.15) is 0 Å². The van der Waals surface area contributed by atoms with Gasteiger partial charge in [-0.1, -0.05) is 6.07 Å². The van der Waals surface area contributed by atoms with Crippen molar-refractivity contribution in [2.24, 2.45) is 0 Å². The van der Waals surface area contributed by atoms with E-state index in [0.29, 0.717) is 18.8 Å². The lowest BCUT2D eigenvalue weighted by molar-refractivity contribution is -0.122. The van der Waals surface area contributed by atoms with E-state index in [9.17, 15) is 19.1 Å². The second-order valence-corrected chi connectivity index (χ2v) is 8.88. The van der Waals surface area contributed by atoms with Gasteiger partial charge in [0.1, 0.15) is 11.1 Å². The molecule has 2 aliphatic heterocycles. The van der Waals surface area contributed by atoms with E-state index in [-0.39, 0.29) is 29.5 Å². The van der Waals surface area contributed by atoms with Gasteiger partial charge in [-0.3, -0.25) is 4.79 Å². The quantitative estimate of drug-likeness (QED) is 0.718. The average Bonchev–Trinajstić information content (AvgIpc) is 2.69. The summed E-state index contributed by atoms with van der Waals surface area (Å²) in [5.41, 5.74) is -0.662. The Bertz CT molecular complexity index is 1070. The maximum atomic E-state index is 13.8. The molecule has 2 N–H and O–H groups in total. The molecule has 3 heterocycles. The summed E-state index contributed by atoms with van der Waals surface area (Å²) < 4.78 is 19.3.